The van der Waals surface area contributed by atoms with Gasteiger partial charge in [0.2, 0.25) is 0 Å². The third kappa shape index (κ3) is 4.04. The lowest BCUT2D eigenvalue weighted by molar-refractivity contribution is 0.477. The molecule has 0 aliphatic carbocycles. The molecule has 1 N–H and O–H groups in total. The predicted octanol–water partition coefficient (Wildman–Crippen LogP) is 2.60. The van der Waals surface area contributed by atoms with Crippen molar-refractivity contribution in [3.8, 4) is 0 Å². The second-order valence-electron chi connectivity index (χ2n) is 4.61. The summed E-state index contributed by atoms with van der Waals surface area (Å²) in [6.07, 6.45) is 5.22. The van der Waals surface area contributed by atoms with Crippen LogP contribution in [0.4, 0.5) is 0 Å². The maximum Gasteiger partial charge on any atom is 0.0534 e. The zero-order chi connectivity index (χ0) is 11.3. The highest BCUT2D eigenvalue weighted by Gasteiger charge is 2.03. The summed E-state index contributed by atoms with van der Waals surface area (Å²) < 4.78 is 2.05. The molecule has 3 nitrogen and oxygen atoms in total. The molecular weight excluding hydrogens is 186 g/mol. The van der Waals surface area contributed by atoms with E-state index in [4.69, 9.17) is 0 Å². The number of nitrogens with zero attached hydrogens (tertiary/aromatic N) is 2. The van der Waals surface area contributed by atoms with Crippen LogP contribution in [0.2, 0.25) is 0 Å². The fourth-order valence-electron chi connectivity index (χ4n) is 1.40. The number of rotatable bonds is 6. The minimum Gasteiger partial charge on any atom is -0.312 e. The van der Waals surface area contributed by atoms with Gasteiger partial charge in [-0.2, -0.15) is 5.10 Å². The van der Waals surface area contributed by atoms with E-state index in [0.717, 1.165) is 19.5 Å². The van der Waals surface area contributed by atoms with Gasteiger partial charge in [0, 0.05) is 24.3 Å². The Labute approximate surface area is 92.9 Å². The molecule has 1 unspecified atom stereocenters. The van der Waals surface area contributed by atoms with Crippen LogP contribution < -0.4 is 5.32 Å². The fourth-order valence-corrected chi connectivity index (χ4v) is 1.40. The molecule has 0 aliphatic heterocycles. The average Bonchev–Trinajstić information content (AvgIpc) is 2.65. The van der Waals surface area contributed by atoms with Crippen molar-refractivity contribution in [2.24, 2.45) is 5.92 Å². The van der Waals surface area contributed by atoms with Gasteiger partial charge >= 0.3 is 0 Å². The molecule has 0 fully saturated rings. The highest BCUT2D eigenvalue weighted by molar-refractivity contribution is 5.03. The molecule has 0 aliphatic rings. The van der Waals surface area contributed by atoms with Crippen LogP contribution in [0, 0.1) is 5.92 Å². The molecule has 0 amide bonds. The van der Waals surface area contributed by atoms with Crippen molar-refractivity contribution in [1.29, 1.82) is 0 Å². The van der Waals surface area contributed by atoms with Crippen LogP contribution in [0.3, 0.4) is 0 Å². The number of nitrogens with one attached hydrogen (secondary N) is 1. The quantitative estimate of drug-likeness (QED) is 0.780. The number of hydrogen-bond donors (Lipinski definition) is 1. The lowest BCUT2D eigenvalue weighted by Crippen LogP contribution is -2.18. The van der Waals surface area contributed by atoms with Gasteiger partial charge in [-0.1, -0.05) is 20.8 Å². The van der Waals surface area contributed by atoms with E-state index < -0.39 is 0 Å². The largest absolute Gasteiger partial charge is 0.312 e. The van der Waals surface area contributed by atoms with Gasteiger partial charge in [0.1, 0.15) is 0 Å². The first-order chi connectivity index (χ1) is 7.13. The Morgan fingerprint density at radius 3 is 2.73 bits per heavy atom. The van der Waals surface area contributed by atoms with Gasteiger partial charge in [0.05, 0.1) is 6.20 Å². The van der Waals surface area contributed by atoms with Crippen LogP contribution in [0.15, 0.2) is 12.4 Å². The van der Waals surface area contributed by atoms with E-state index in [1.165, 1.54) is 5.56 Å². The Morgan fingerprint density at radius 1 is 1.40 bits per heavy atom. The smallest absolute Gasteiger partial charge is 0.0534 e. The monoisotopic (exact) mass is 209 g/mol. The summed E-state index contributed by atoms with van der Waals surface area (Å²) in [6.45, 7) is 10.8. The summed E-state index contributed by atoms with van der Waals surface area (Å²) >= 11 is 0. The van der Waals surface area contributed by atoms with E-state index in [0.29, 0.717) is 12.0 Å². The molecule has 15 heavy (non-hydrogen) atoms. The van der Waals surface area contributed by atoms with Gasteiger partial charge < -0.3 is 5.32 Å². The Bertz CT molecular complexity index is 278. The number of aromatic nitrogens is 2. The maximum atomic E-state index is 4.36. The lowest BCUT2D eigenvalue weighted by atomic mass is 10.2. The average molecular weight is 209 g/mol. The molecule has 1 aromatic heterocycles. The van der Waals surface area contributed by atoms with Gasteiger partial charge in [-0.05, 0) is 25.8 Å². The van der Waals surface area contributed by atoms with Crippen molar-refractivity contribution in [1.82, 2.24) is 15.1 Å². The van der Waals surface area contributed by atoms with E-state index in [2.05, 4.69) is 44.3 Å². The second kappa shape index (κ2) is 5.91. The Kier molecular flexibility index (Phi) is 4.82. The molecule has 1 atom stereocenters. The minimum atomic E-state index is 0.504. The first-order valence-corrected chi connectivity index (χ1v) is 5.87. The van der Waals surface area contributed by atoms with Gasteiger partial charge in [0.25, 0.3) is 0 Å². The van der Waals surface area contributed by atoms with Gasteiger partial charge in [-0.15, -0.1) is 0 Å². The molecule has 0 saturated carbocycles. The standard InChI is InChI=1S/C12H23N3/c1-5-11(4)15-9-12(8-14-15)7-13-6-10(2)3/h8-11,13H,5-7H2,1-4H3. The third-order valence-electron chi connectivity index (χ3n) is 2.58. The fraction of sp³-hybridized carbons (Fsp3) is 0.750. The van der Waals surface area contributed by atoms with Crippen LogP contribution >= 0.6 is 0 Å². The zero-order valence-electron chi connectivity index (χ0n) is 10.3. The van der Waals surface area contributed by atoms with E-state index in [1.54, 1.807) is 0 Å². The molecule has 3 heteroatoms. The molecule has 0 bridgehead atoms. The molecule has 0 radical (unpaired) electrons. The van der Waals surface area contributed by atoms with Crippen LogP contribution in [0.25, 0.3) is 0 Å². The van der Waals surface area contributed by atoms with E-state index in [-0.39, 0.29) is 0 Å². The van der Waals surface area contributed by atoms with Crippen molar-refractivity contribution < 1.29 is 0 Å². The highest BCUT2D eigenvalue weighted by Crippen LogP contribution is 2.09. The van der Waals surface area contributed by atoms with E-state index >= 15 is 0 Å². The Hall–Kier alpha value is -0.830. The zero-order valence-corrected chi connectivity index (χ0v) is 10.3. The van der Waals surface area contributed by atoms with Gasteiger partial charge in [0.15, 0.2) is 0 Å². The van der Waals surface area contributed by atoms with Crippen molar-refractivity contribution in [2.75, 3.05) is 6.54 Å². The van der Waals surface area contributed by atoms with E-state index in [9.17, 15) is 0 Å². The summed E-state index contributed by atoms with van der Waals surface area (Å²) in [7, 11) is 0. The van der Waals surface area contributed by atoms with Gasteiger partial charge in [-0.25, -0.2) is 0 Å². The molecule has 1 heterocycles. The second-order valence-corrected chi connectivity index (χ2v) is 4.61. The maximum absolute atomic E-state index is 4.36. The topological polar surface area (TPSA) is 29.9 Å². The summed E-state index contributed by atoms with van der Waals surface area (Å²) in [4.78, 5) is 0. The molecule has 0 saturated heterocycles. The Morgan fingerprint density at radius 2 is 2.13 bits per heavy atom. The summed E-state index contributed by atoms with van der Waals surface area (Å²) in [6, 6.07) is 0.504. The van der Waals surface area contributed by atoms with Crippen LogP contribution in [0.1, 0.15) is 45.7 Å². The van der Waals surface area contributed by atoms with Crippen molar-refractivity contribution in [3.63, 3.8) is 0 Å². The summed E-state index contributed by atoms with van der Waals surface area (Å²) in [5.41, 5.74) is 1.27. The van der Waals surface area contributed by atoms with Gasteiger partial charge in [-0.3, -0.25) is 4.68 Å². The summed E-state index contributed by atoms with van der Waals surface area (Å²) in [5, 5.41) is 7.78. The third-order valence-corrected chi connectivity index (χ3v) is 2.58. The highest BCUT2D eigenvalue weighted by atomic mass is 15.3. The normalized spacial score (nSPS) is 13.4. The van der Waals surface area contributed by atoms with Crippen molar-refractivity contribution in [2.45, 2.75) is 46.7 Å². The minimum absolute atomic E-state index is 0.504. The first kappa shape index (κ1) is 12.2. The van der Waals surface area contributed by atoms with Crippen molar-refractivity contribution in [3.05, 3.63) is 18.0 Å². The van der Waals surface area contributed by atoms with E-state index in [1.807, 2.05) is 10.9 Å². The van der Waals surface area contributed by atoms with Crippen LogP contribution in [-0.2, 0) is 6.54 Å². The molecule has 0 spiro atoms. The summed E-state index contributed by atoms with van der Waals surface area (Å²) in [5.74, 6) is 0.703. The lowest BCUT2D eigenvalue weighted by Gasteiger charge is -2.08. The SMILES string of the molecule is CCC(C)n1cc(CNCC(C)C)cn1. The molecule has 1 aromatic rings. The van der Waals surface area contributed by atoms with Crippen molar-refractivity contribution >= 4 is 0 Å². The molecule has 86 valence electrons. The molecule has 1 rings (SSSR count). The first-order valence-electron chi connectivity index (χ1n) is 5.87. The Balaban J connectivity index is 2.39. The number of hydrogen-bond acceptors (Lipinski definition) is 2. The van der Waals surface area contributed by atoms with Crippen LogP contribution in [0.5, 0.6) is 0 Å². The molecular formula is C12H23N3. The van der Waals surface area contributed by atoms with Crippen LogP contribution in [-0.4, -0.2) is 16.3 Å². The predicted molar refractivity (Wildman–Crippen MR) is 63.8 cm³/mol. The molecule has 0 aromatic carbocycles.